The molecular formula is C8H15NO2. The minimum atomic E-state index is -0.649. The molecule has 1 heterocycles. The average molecular weight is 157 g/mol. The van der Waals surface area contributed by atoms with Gasteiger partial charge in [0.25, 0.3) is 0 Å². The molecule has 1 fully saturated rings. The standard InChI is InChI=1S/C8H15NO2/c1-2-7-6(8(10)11)4-3-5-9-7/h6-7,9H,2-5H2,1H3,(H,10,11)/t6-,7+/m1/s1. The zero-order valence-corrected chi connectivity index (χ0v) is 6.84. The normalized spacial score (nSPS) is 31.7. The fourth-order valence-corrected chi connectivity index (χ4v) is 1.68. The number of piperidine rings is 1. The SMILES string of the molecule is CC[C@@H]1NCCC[C@H]1C(=O)O. The van der Waals surface area contributed by atoms with E-state index in [1.54, 1.807) is 0 Å². The third kappa shape index (κ3) is 1.93. The molecule has 1 aliphatic rings. The summed E-state index contributed by atoms with van der Waals surface area (Å²) in [6.45, 7) is 3.00. The summed E-state index contributed by atoms with van der Waals surface area (Å²) in [6.07, 6.45) is 2.74. The van der Waals surface area contributed by atoms with E-state index in [4.69, 9.17) is 5.11 Å². The van der Waals surface area contributed by atoms with E-state index in [1.807, 2.05) is 6.92 Å². The third-order valence-corrected chi connectivity index (χ3v) is 2.34. The first-order valence-electron chi connectivity index (χ1n) is 4.22. The molecule has 0 radical (unpaired) electrons. The minimum Gasteiger partial charge on any atom is -0.481 e. The molecule has 0 saturated carbocycles. The van der Waals surface area contributed by atoms with Gasteiger partial charge in [-0.2, -0.15) is 0 Å². The van der Waals surface area contributed by atoms with Crippen LogP contribution in [-0.4, -0.2) is 23.7 Å². The van der Waals surface area contributed by atoms with E-state index in [2.05, 4.69) is 5.32 Å². The predicted molar refractivity (Wildman–Crippen MR) is 42.4 cm³/mol. The zero-order valence-electron chi connectivity index (χ0n) is 6.84. The summed E-state index contributed by atoms with van der Waals surface area (Å²) in [5.74, 6) is -0.808. The van der Waals surface area contributed by atoms with Crippen LogP contribution in [0.25, 0.3) is 0 Å². The number of carboxylic acid groups (broad SMARTS) is 1. The number of carbonyl (C=O) groups is 1. The molecule has 3 nitrogen and oxygen atoms in total. The lowest BCUT2D eigenvalue weighted by Gasteiger charge is -2.28. The molecule has 0 aromatic rings. The molecule has 64 valence electrons. The number of aliphatic carboxylic acids is 1. The maximum atomic E-state index is 10.7. The first kappa shape index (κ1) is 8.53. The fourth-order valence-electron chi connectivity index (χ4n) is 1.68. The van der Waals surface area contributed by atoms with Crippen molar-refractivity contribution in [1.82, 2.24) is 5.32 Å². The molecule has 0 aliphatic carbocycles. The van der Waals surface area contributed by atoms with Crippen LogP contribution >= 0.6 is 0 Å². The fraction of sp³-hybridized carbons (Fsp3) is 0.875. The molecule has 0 bridgehead atoms. The number of nitrogens with one attached hydrogen (secondary N) is 1. The number of rotatable bonds is 2. The average Bonchev–Trinajstić information content (AvgIpc) is 2.04. The van der Waals surface area contributed by atoms with Gasteiger partial charge in [-0.25, -0.2) is 0 Å². The second-order valence-corrected chi connectivity index (χ2v) is 3.06. The van der Waals surface area contributed by atoms with Gasteiger partial charge in [0.1, 0.15) is 0 Å². The first-order chi connectivity index (χ1) is 5.25. The van der Waals surface area contributed by atoms with E-state index < -0.39 is 5.97 Å². The first-order valence-corrected chi connectivity index (χ1v) is 4.22. The monoisotopic (exact) mass is 157 g/mol. The lowest BCUT2D eigenvalue weighted by Crippen LogP contribution is -2.44. The molecule has 0 aromatic heterocycles. The Balaban J connectivity index is 2.51. The maximum Gasteiger partial charge on any atom is 0.308 e. The minimum absolute atomic E-state index is 0.159. The molecule has 0 aromatic carbocycles. The Kier molecular flexibility index (Phi) is 2.88. The Morgan fingerprint density at radius 1 is 1.73 bits per heavy atom. The van der Waals surface area contributed by atoms with Crippen molar-refractivity contribution in [3.05, 3.63) is 0 Å². The van der Waals surface area contributed by atoms with Crippen molar-refractivity contribution in [2.45, 2.75) is 32.2 Å². The largest absolute Gasteiger partial charge is 0.481 e. The molecule has 2 N–H and O–H groups in total. The number of hydrogen-bond acceptors (Lipinski definition) is 2. The van der Waals surface area contributed by atoms with E-state index in [1.165, 1.54) is 0 Å². The molecule has 11 heavy (non-hydrogen) atoms. The summed E-state index contributed by atoms with van der Waals surface area (Å²) in [5, 5.41) is 12.0. The summed E-state index contributed by atoms with van der Waals surface area (Å²) >= 11 is 0. The number of hydrogen-bond donors (Lipinski definition) is 2. The van der Waals surface area contributed by atoms with Crippen molar-refractivity contribution in [3.8, 4) is 0 Å². The van der Waals surface area contributed by atoms with Crippen molar-refractivity contribution in [2.24, 2.45) is 5.92 Å². The van der Waals surface area contributed by atoms with Gasteiger partial charge in [0.05, 0.1) is 5.92 Å². The Morgan fingerprint density at radius 3 is 2.91 bits per heavy atom. The Morgan fingerprint density at radius 2 is 2.45 bits per heavy atom. The smallest absolute Gasteiger partial charge is 0.308 e. The molecule has 0 unspecified atom stereocenters. The van der Waals surface area contributed by atoms with Crippen molar-refractivity contribution in [1.29, 1.82) is 0 Å². The zero-order chi connectivity index (χ0) is 8.27. The van der Waals surface area contributed by atoms with Gasteiger partial charge in [-0.05, 0) is 25.8 Å². The van der Waals surface area contributed by atoms with Crippen LogP contribution in [0.4, 0.5) is 0 Å². The van der Waals surface area contributed by atoms with Crippen molar-refractivity contribution in [2.75, 3.05) is 6.54 Å². The van der Waals surface area contributed by atoms with Gasteiger partial charge in [-0.1, -0.05) is 6.92 Å². The van der Waals surface area contributed by atoms with E-state index in [0.717, 1.165) is 25.8 Å². The van der Waals surface area contributed by atoms with E-state index in [0.29, 0.717) is 0 Å². The molecule has 0 spiro atoms. The second kappa shape index (κ2) is 3.72. The van der Waals surface area contributed by atoms with E-state index in [-0.39, 0.29) is 12.0 Å². The van der Waals surface area contributed by atoms with Crippen molar-refractivity contribution in [3.63, 3.8) is 0 Å². The van der Waals surface area contributed by atoms with E-state index in [9.17, 15) is 4.79 Å². The van der Waals surface area contributed by atoms with Crippen LogP contribution in [0.1, 0.15) is 26.2 Å². The van der Waals surface area contributed by atoms with Gasteiger partial charge in [-0.3, -0.25) is 4.79 Å². The van der Waals surface area contributed by atoms with Gasteiger partial charge in [-0.15, -0.1) is 0 Å². The van der Waals surface area contributed by atoms with Crippen LogP contribution in [-0.2, 0) is 4.79 Å². The van der Waals surface area contributed by atoms with Crippen LogP contribution < -0.4 is 5.32 Å². The molecular weight excluding hydrogens is 142 g/mol. The van der Waals surface area contributed by atoms with Crippen LogP contribution in [0.2, 0.25) is 0 Å². The quantitative estimate of drug-likeness (QED) is 0.624. The Bertz CT molecular complexity index is 147. The third-order valence-electron chi connectivity index (χ3n) is 2.34. The maximum absolute atomic E-state index is 10.7. The molecule has 2 atom stereocenters. The van der Waals surface area contributed by atoms with Gasteiger partial charge >= 0.3 is 5.97 Å². The Hall–Kier alpha value is -0.570. The predicted octanol–water partition coefficient (Wildman–Crippen LogP) is 0.849. The molecule has 0 amide bonds. The molecule has 1 saturated heterocycles. The topological polar surface area (TPSA) is 49.3 Å². The highest BCUT2D eigenvalue weighted by atomic mass is 16.4. The summed E-state index contributed by atoms with van der Waals surface area (Å²) in [6, 6.07) is 0.196. The van der Waals surface area contributed by atoms with Crippen molar-refractivity contribution < 1.29 is 9.90 Å². The highest BCUT2D eigenvalue weighted by Crippen LogP contribution is 2.18. The molecule has 1 aliphatic heterocycles. The molecule has 1 rings (SSSR count). The number of carboxylic acids is 1. The van der Waals surface area contributed by atoms with E-state index >= 15 is 0 Å². The van der Waals surface area contributed by atoms with Gasteiger partial charge in [0.2, 0.25) is 0 Å². The summed E-state index contributed by atoms with van der Waals surface area (Å²) < 4.78 is 0. The van der Waals surface area contributed by atoms with Crippen LogP contribution in [0, 0.1) is 5.92 Å². The summed E-state index contributed by atoms with van der Waals surface area (Å²) in [7, 11) is 0. The van der Waals surface area contributed by atoms with Gasteiger partial charge in [0.15, 0.2) is 0 Å². The van der Waals surface area contributed by atoms with Gasteiger partial charge < -0.3 is 10.4 Å². The van der Waals surface area contributed by atoms with Crippen LogP contribution in [0.3, 0.4) is 0 Å². The van der Waals surface area contributed by atoms with Crippen molar-refractivity contribution >= 4 is 5.97 Å². The lowest BCUT2D eigenvalue weighted by atomic mass is 9.89. The highest BCUT2D eigenvalue weighted by Gasteiger charge is 2.28. The highest BCUT2D eigenvalue weighted by molar-refractivity contribution is 5.71. The van der Waals surface area contributed by atoms with Crippen LogP contribution in [0.5, 0.6) is 0 Å². The van der Waals surface area contributed by atoms with Crippen LogP contribution in [0.15, 0.2) is 0 Å². The second-order valence-electron chi connectivity index (χ2n) is 3.06. The summed E-state index contributed by atoms with van der Waals surface area (Å²) in [5.41, 5.74) is 0. The lowest BCUT2D eigenvalue weighted by molar-refractivity contribution is -0.143. The Labute approximate surface area is 66.8 Å². The van der Waals surface area contributed by atoms with Gasteiger partial charge in [0, 0.05) is 6.04 Å². The summed E-state index contributed by atoms with van der Waals surface area (Å²) in [4.78, 5) is 10.7. The molecule has 3 heteroatoms.